The lowest BCUT2D eigenvalue weighted by molar-refractivity contribution is 0.0906. The lowest BCUT2D eigenvalue weighted by Crippen LogP contribution is -2.43. The minimum atomic E-state index is -3.64. The van der Waals surface area contributed by atoms with Gasteiger partial charge in [0, 0.05) is 40.8 Å². The minimum Gasteiger partial charge on any atom is -0.496 e. The van der Waals surface area contributed by atoms with Gasteiger partial charge < -0.3 is 40.4 Å². The normalized spacial score (nSPS) is 14.2. The molecule has 5 aromatic rings. The van der Waals surface area contributed by atoms with Crippen LogP contribution in [0, 0.1) is 5.92 Å². The third kappa shape index (κ3) is 10.7. The topological polar surface area (TPSA) is 172 Å². The third-order valence-electron chi connectivity index (χ3n) is 10.3. The number of urea groups is 1. The van der Waals surface area contributed by atoms with Crippen molar-refractivity contribution in [2.24, 2.45) is 5.92 Å². The number of rotatable bonds is 13. The first-order valence-electron chi connectivity index (χ1n) is 19.4. The molecule has 6 rings (SSSR count). The molecule has 1 saturated heterocycles. The van der Waals surface area contributed by atoms with Gasteiger partial charge in [0.25, 0.3) is 5.91 Å². The van der Waals surface area contributed by atoms with Crippen LogP contribution in [-0.2, 0) is 15.4 Å². The minimum absolute atomic E-state index is 0.0459. The molecule has 5 N–H and O–H groups in total. The van der Waals surface area contributed by atoms with Gasteiger partial charge in [-0.3, -0.25) is 9.52 Å². The fraction of sp³-hybridized carbons (Fsp3) is 0.341. The van der Waals surface area contributed by atoms with Crippen LogP contribution in [0.5, 0.6) is 23.0 Å². The standard InChI is InChI=1S/C44H53N7O7S/c1-27(28-18-21-51(5)22-19-28)46-42(52)34-14-13-30(25-39(34)56-6)47-40-26-31(17-20-45-40)58-38-16-15-35(32-11-9-10-12-33(32)38)48-43(53)49-36-23-29(44(2,3)4)24-37(41(36)57-7)50-59(8,54)55/h9-17,20,23-28,50H,18-19,21-22H2,1-8H3,(H,45,47)(H,46,52)(H2,48,49,53). The Kier molecular flexibility index (Phi) is 12.9. The molecule has 0 saturated carbocycles. The molecule has 2 heterocycles. The number of sulfonamides is 1. The molecule has 1 aromatic heterocycles. The average molecular weight is 824 g/mol. The van der Waals surface area contributed by atoms with Crippen molar-refractivity contribution in [3.05, 3.63) is 96.2 Å². The zero-order valence-corrected chi connectivity index (χ0v) is 35.5. The number of amides is 3. The number of ether oxygens (including phenoxy) is 3. The van der Waals surface area contributed by atoms with E-state index in [9.17, 15) is 18.0 Å². The Morgan fingerprint density at radius 2 is 1.54 bits per heavy atom. The molecule has 312 valence electrons. The molecule has 4 aromatic carbocycles. The maximum atomic E-state index is 13.5. The van der Waals surface area contributed by atoms with Crippen LogP contribution in [0.15, 0.2) is 85.1 Å². The average Bonchev–Trinajstić information content (AvgIpc) is 3.18. The van der Waals surface area contributed by atoms with Gasteiger partial charge >= 0.3 is 6.03 Å². The maximum absolute atomic E-state index is 13.5. The van der Waals surface area contributed by atoms with Gasteiger partial charge in [-0.15, -0.1) is 0 Å². The Hall–Kier alpha value is -6.06. The summed E-state index contributed by atoms with van der Waals surface area (Å²) in [7, 11) is 1.43. The van der Waals surface area contributed by atoms with Crippen molar-refractivity contribution in [2.45, 2.75) is 52.0 Å². The van der Waals surface area contributed by atoms with Crippen LogP contribution in [0.25, 0.3) is 10.8 Å². The zero-order valence-electron chi connectivity index (χ0n) is 34.7. The molecule has 1 aliphatic heterocycles. The largest absolute Gasteiger partial charge is 0.496 e. The van der Waals surface area contributed by atoms with Crippen LogP contribution in [0.3, 0.4) is 0 Å². The number of piperidine rings is 1. The monoisotopic (exact) mass is 823 g/mol. The Morgan fingerprint density at radius 1 is 0.847 bits per heavy atom. The van der Waals surface area contributed by atoms with E-state index in [4.69, 9.17) is 14.2 Å². The number of methoxy groups -OCH3 is 2. The highest BCUT2D eigenvalue weighted by molar-refractivity contribution is 7.92. The number of anilines is 5. The first-order valence-corrected chi connectivity index (χ1v) is 21.3. The van der Waals surface area contributed by atoms with Crippen molar-refractivity contribution in [2.75, 3.05) is 61.3 Å². The molecule has 1 unspecified atom stereocenters. The summed E-state index contributed by atoms with van der Waals surface area (Å²) in [4.78, 5) is 33.6. The number of nitrogens with zero attached hydrogens (tertiary/aromatic N) is 2. The summed E-state index contributed by atoms with van der Waals surface area (Å²) in [5.41, 5.74) is 2.57. The van der Waals surface area contributed by atoms with Crippen LogP contribution < -0.4 is 40.2 Å². The van der Waals surface area contributed by atoms with E-state index < -0.39 is 16.1 Å². The molecule has 15 heteroatoms. The molecular formula is C44H53N7O7S. The maximum Gasteiger partial charge on any atom is 0.323 e. The van der Waals surface area contributed by atoms with Gasteiger partial charge in [-0.1, -0.05) is 45.0 Å². The van der Waals surface area contributed by atoms with Crippen LogP contribution in [0.1, 0.15) is 56.5 Å². The summed E-state index contributed by atoms with van der Waals surface area (Å²) >= 11 is 0. The Morgan fingerprint density at radius 3 is 2.22 bits per heavy atom. The number of hydrogen-bond acceptors (Lipinski definition) is 10. The number of aromatic nitrogens is 1. The second-order valence-electron chi connectivity index (χ2n) is 15.9. The highest BCUT2D eigenvalue weighted by atomic mass is 32.2. The Labute approximate surface area is 346 Å². The van der Waals surface area contributed by atoms with Gasteiger partial charge in [0.1, 0.15) is 23.1 Å². The van der Waals surface area contributed by atoms with Crippen molar-refractivity contribution in [3.63, 3.8) is 0 Å². The number of fused-ring (bicyclic) bond motifs is 1. The molecule has 0 radical (unpaired) electrons. The molecule has 0 bridgehead atoms. The van der Waals surface area contributed by atoms with Crippen molar-refractivity contribution in [3.8, 4) is 23.0 Å². The number of pyridine rings is 1. The number of nitrogens with one attached hydrogen (secondary N) is 5. The molecule has 59 heavy (non-hydrogen) atoms. The van der Waals surface area contributed by atoms with Crippen LogP contribution in [-0.4, -0.2) is 76.9 Å². The van der Waals surface area contributed by atoms with Gasteiger partial charge in [-0.2, -0.15) is 0 Å². The summed E-state index contributed by atoms with van der Waals surface area (Å²) in [6.45, 7) is 10.1. The smallest absolute Gasteiger partial charge is 0.323 e. The summed E-state index contributed by atoms with van der Waals surface area (Å²) in [6, 6.07) is 22.8. The van der Waals surface area contributed by atoms with Crippen LogP contribution in [0.2, 0.25) is 0 Å². The quantitative estimate of drug-likeness (QED) is 0.0775. The van der Waals surface area contributed by atoms with Gasteiger partial charge in [-0.25, -0.2) is 18.2 Å². The molecule has 1 atom stereocenters. The van der Waals surface area contributed by atoms with Crippen molar-refractivity contribution in [1.29, 1.82) is 0 Å². The van der Waals surface area contributed by atoms with Gasteiger partial charge in [0.2, 0.25) is 10.0 Å². The van der Waals surface area contributed by atoms with E-state index in [0.29, 0.717) is 51.6 Å². The van der Waals surface area contributed by atoms with E-state index in [2.05, 4.69) is 49.8 Å². The van der Waals surface area contributed by atoms with E-state index in [-0.39, 0.29) is 28.8 Å². The predicted octanol–water partition coefficient (Wildman–Crippen LogP) is 8.56. The van der Waals surface area contributed by atoms with Gasteiger partial charge in [0.05, 0.1) is 43.1 Å². The van der Waals surface area contributed by atoms with Crippen molar-refractivity contribution < 1.29 is 32.2 Å². The molecular weight excluding hydrogens is 771 g/mol. The SMILES string of the molecule is COc1cc(Nc2cc(Oc3ccc(NC(=O)Nc4cc(C(C)(C)C)cc(NS(C)(=O)=O)c4OC)c4ccccc34)ccn2)ccc1C(=O)NC(C)C1CCN(C)CC1. The fourth-order valence-corrected chi connectivity index (χ4v) is 7.65. The Bertz CT molecular complexity index is 2440. The van der Waals surface area contributed by atoms with E-state index in [0.717, 1.165) is 48.5 Å². The highest BCUT2D eigenvalue weighted by Gasteiger charge is 2.26. The second-order valence-corrected chi connectivity index (χ2v) is 17.6. The van der Waals surface area contributed by atoms with E-state index in [1.165, 1.54) is 7.11 Å². The third-order valence-corrected chi connectivity index (χ3v) is 10.9. The number of likely N-dealkylation sites (tertiary alicyclic amines) is 1. The number of benzene rings is 4. The molecule has 0 aliphatic carbocycles. The van der Waals surface area contributed by atoms with Crippen molar-refractivity contribution in [1.82, 2.24) is 15.2 Å². The second kappa shape index (κ2) is 17.8. The molecule has 3 amide bonds. The van der Waals surface area contributed by atoms with Gasteiger partial charge in [0.15, 0.2) is 5.75 Å². The first kappa shape index (κ1) is 42.5. The number of hydrogen-bond donors (Lipinski definition) is 5. The fourth-order valence-electron chi connectivity index (χ4n) is 7.10. The number of carbonyl (C=O) groups excluding carboxylic acids is 2. The lowest BCUT2D eigenvalue weighted by Gasteiger charge is -2.33. The highest BCUT2D eigenvalue weighted by Crippen LogP contribution is 2.40. The Balaban J connectivity index is 1.16. The molecule has 1 aliphatic rings. The first-order chi connectivity index (χ1) is 28.0. The zero-order chi connectivity index (χ0) is 42.5. The van der Waals surface area contributed by atoms with Gasteiger partial charge in [-0.05, 0) is 99.3 Å². The van der Waals surface area contributed by atoms with Crippen LogP contribution >= 0.6 is 0 Å². The summed E-state index contributed by atoms with van der Waals surface area (Å²) in [6.07, 6.45) is 4.78. The molecule has 0 spiro atoms. The van der Waals surface area contributed by atoms with Crippen LogP contribution in [0.4, 0.5) is 33.4 Å². The molecule has 14 nitrogen and oxygen atoms in total. The van der Waals surface area contributed by atoms with E-state index >= 15 is 0 Å². The summed E-state index contributed by atoms with van der Waals surface area (Å²) in [5, 5.41) is 13.7. The lowest BCUT2D eigenvalue weighted by atomic mass is 9.86. The predicted molar refractivity (Wildman–Crippen MR) is 234 cm³/mol. The number of carbonyl (C=O) groups is 2. The summed E-state index contributed by atoms with van der Waals surface area (Å²) < 4.78 is 44.4. The summed E-state index contributed by atoms with van der Waals surface area (Å²) in [5.74, 6) is 2.44. The van der Waals surface area contributed by atoms with Crippen molar-refractivity contribution >= 4 is 61.3 Å². The van der Waals surface area contributed by atoms with E-state index in [1.54, 1.807) is 61.8 Å². The van der Waals surface area contributed by atoms with E-state index in [1.807, 2.05) is 51.1 Å². The molecule has 1 fully saturated rings.